The average molecular weight is 440 g/mol. The van der Waals surface area contributed by atoms with Gasteiger partial charge in [0.2, 0.25) is 11.8 Å². The molecule has 0 bridgehead atoms. The molecule has 0 saturated heterocycles. The summed E-state index contributed by atoms with van der Waals surface area (Å²) in [7, 11) is 1.56. The minimum Gasteiger partial charge on any atom is -0.495 e. The first-order valence-corrected chi connectivity index (χ1v) is 10.8. The van der Waals surface area contributed by atoms with Crippen LogP contribution in [0, 0.1) is 6.92 Å². The predicted molar refractivity (Wildman–Crippen MR) is 122 cm³/mol. The van der Waals surface area contributed by atoms with Gasteiger partial charge in [-0.1, -0.05) is 36.0 Å². The van der Waals surface area contributed by atoms with Gasteiger partial charge in [0, 0.05) is 12.2 Å². The van der Waals surface area contributed by atoms with E-state index in [-0.39, 0.29) is 24.0 Å². The molecule has 9 heteroatoms. The van der Waals surface area contributed by atoms with E-state index in [1.807, 2.05) is 66.9 Å². The Morgan fingerprint density at radius 2 is 1.84 bits per heavy atom. The lowest BCUT2D eigenvalue weighted by Gasteiger charge is -2.11. The van der Waals surface area contributed by atoms with E-state index in [0.717, 1.165) is 11.3 Å². The smallest absolute Gasteiger partial charge is 0.234 e. The van der Waals surface area contributed by atoms with Crippen LogP contribution in [0.4, 0.5) is 11.4 Å². The maximum absolute atomic E-state index is 12.4. The Labute approximate surface area is 185 Å². The number of benzene rings is 2. The molecule has 0 saturated carbocycles. The molecule has 0 fully saturated rings. The van der Waals surface area contributed by atoms with Gasteiger partial charge in [-0.2, -0.15) is 0 Å². The third-order valence-electron chi connectivity index (χ3n) is 4.45. The van der Waals surface area contributed by atoms with Crippen molar-refractivity contribution >= 4 is 35.0 Å². The van der Waals surface area contributed by atoms with Crippen molar-refractivity contribution in [2.24, 2.45) is 0 Å². The molecular formula is C22H25N5O3S. The van der Waals surface area contributed by atoms with Crippen molar-refractivity contribution in [2.45, 2.75) is 32.0 Å². The number of carbonyl (C=O) groups is 2. The molecule has 0 aliphatic heterocycles. The molecule has 0 aliphatic carbocycles. The fourth-order valence-electron chi connectivity index (χ4n) is 2.98. The quantitative estimate of drug-likeness (QED) is 0.495. The average Bonchev–Trinajstić information content (AvgIpc) is 3.14. The number of rotatable bonds is 9. The summed E-state index contributed by atoms with van der Waals surface area (Å²) in [5.41, 5.74) is 2.38. The maximum atomic E-state index is 12.4. The largest absolute Gasteiger partial charge is 0.495 e. The van der Waals surface area contributed by atoms with Crippen LogP contribution in [-0.2, 0) is 22.6 Å². The van der Waals surface area contributed by atoms with Gasteiger partial charge in [0.15, 0.2) is 5.16 Å². The number of amides is 2. The van der Waals surface area contributed by atoms with Crippen molar-refractivity contribution in [2.75, 3.05) is 23.5 Å². The van der Waals surface area contributed by atoms with E-state index in [1.165, 1.54) is 11.8 Å². The highest BCUT2D eigenvalue weighted by molar-refractivity contribution is 7.99. The molecular weight excluding hydrogens is 414 g/mol. The third kappa shape index (κ3) is 6.08. The summed E-state index contributed by atoms with van der Waals surface area (Å²) in [5.74, 6) is 0.967. The zero-order valence-corrected chi connectivity index (χ0v) is 18.5. The Morgan fingerprint density at radius 1 is 1.06 bits per heavy atom. The second-order valence-electron chi connectivity index (χ2n) is 6.77. The Morgan fingerprint density at radius 3 is 2.55 bits per heavy atom. The molecule has 0 atom stereocenters. The first kappa shape index (κ1) is 22.4. The summed E-state index contributed by atoms with van der Waals surface area (Å²) in [6.07, 6.45) is 0.100. The molecule has 1 aromatic heterocycles. The Bertz CT molecular complexity index is 1050. The lowest BCUT2D eigenvalue weighted by molar-refractivity contribution is -0.116. The number of ether oxygens (including phenoxy) is 1. The number of nitrogens with one attached hydrogen (secondary N) is 2. The molecule has 0 spiro atoms. The number of methoxy groups -OCH3 is 1. The number of para-hydroxylation sites is 1. The fourth-order valence-corrected chi connectivity index (χ4v) is 3.80. The highest BCUT2D eigenvalue weighted by atomic mass is 32.2. The Balaban J connectivity index is 1.60. The zero-order chi connectivity index (χ0) is 22.2. The van der Waals surface area contributed by atoms with Crippen LogP contribution in [0.2, 0.25) is 0 Å². The van der Waals surface area contributed by atoms with Crippen LogP contribution in [0.3, 0.4) is 0 Å². The van der Waals surface area contributed by atoms with E-state index in [0.29, 0.717) is 29.0 Å². The summed E-state index contributed by atoms with van der Waals surface area (Å²) < 4.78 is 7.14. The van der Waals surface area contributed by atoms with Crippen molar-refractivity contribution in [3.05, 3.63) is 59.9 Å². The number of thioether (sulfide) groups is 1. The van der Waals surface area contributed by atoms with E-state index in [9.17, 15) is 9.59 Å². The number of hydrogen-bond donors (Lipinski definition) is 2. The SMILES string of the molecule is CCn1c(CC(=O)Nc2ccccc2)nnc1SCC(=O)Nc1cc(C)ccc1OC. The van der Waals surface area contributed by atoms with E-state index in [2.05, 4.69) is 20.8 Å². The second kappa shape index (κ2) is 10.6. The van der Waals surface area contributed by atoms with Crippen LogP contribution < -0.4 is 15.4 Å². The van der Waals surface area contributed by atoms with Gasteiger partial charge in [-0.25, -0.2) is 0 Å². The van der Waals surface area contributed by atoms with E-state index in [1.54, 1.807) is 7.11 Å². The third-order valence-corrected chi connectivity index (χ3v) is 5.41. The van der Waals surface area contributed by atoms with Crippen LogP contribution in [0.1, 0.15) is 18.3 Å². The summed E-state index contributed by atoms with van der Waals surface area (Å²) in [6.45, 7) is 4.49. The fraction of sp³-hybridized carbons (Fsp3) is 0.273. The van der Waals surface area contributed by atoms with Crippen LogP contribution in [0.5, 0.6) is 5.75 Å². The van der Waals surface area contributed by atoms with E-state index in [4.69, 9.17) is 4.74 Å². The van der Waals surface area contributed by atoms with Crippen LogP contribution >= 0.6 is 11.8 Å². The lowest BCUT2D eigenvalue weighted by atomic mass is 10.2. The molecule has 3 rings (SSSR count). The van der Waals surface area contributed by atoms with Crippen molar-refractivity contribution < 1.29 is 14.3 Å². The summed E-state index contributed by atoms with van der Waals surface area (Å²) in [6, 6.07) is 14.8. The Kier molecular flexibility index (Phi) is 7.66. The summed E-state index contributed by atoms with van der Waals surface area (Å²) in [4.78, 5) is 24.8. The number of nitrogens with zero attached hydrogens (tertiary/aromatic N) is 3. The molecule has 31 heavy (non-hydrogen) atoms. The normalized spacial score (nSPS) is 10.5. The molecule has 162 valence electrons. The highest BCUT2D eigenvalue weighted by Gasteiger charge is 2.16. The lowest BCUT2D eigenvalue weighted by Crippen LogP contribution is -2.18. The molecule has 2 amide bonds. The van der Waals surface area contributed by atoms with Crippen LogP contribution in [-0.4, -0.2) is 39.4 Å². The minimum atomic E-state index is -0.178. The molecule has 0 unspecified atom stereocenters. The van der Waals surface area contributed by atoms with E-state index >= 15 is 0 Å². The standard InChI is InChI=1S/C22H25N5O3S/c1-4-27-19(13-20(28)23-16-8-6-5-7-9-16)25-26-22(27)31-14-21(29)24-17-12-15(2)10-11-18(17)30-3/h5-12H,4,13-14H2,1-3H3,(H,23,28)(H,24,29). The molecule has 8 nitrogen and oxygen atoms in total. The zero-order valence-electron chi connectivity index (χ0n) is 17.7. The van der Waals surface area contributed by atoms with Gasteiger partial charge < -0.3 is 19.9 Å². The predicted octanol–water partition coefficient (Wildman–Crippen LogP) is 3.53. The van der Waals surface area contributed by atoms with Gasteiger partial charge in [0.25, 0.3) is 0 Å². The monoisotopic (exact) mass is 439 g/mol. The van der Waals surface area contributed by atoms with Gasteiger partial charge in [-0.3, -0.25) is 9.59 Å². The second-order valence-corrected chi connectivity index (χ2v) is 7.72. The molecule has 0 aliphatic rings. The number of hydrogen-bond acceptors (Lipinski definition) is 6. The molecule has 2 aromatic carbocycles. The van der Waals surface area contributed by atoms with Gasteiger partial charge >= 0.3 is 0 Å². The van der Waals surface area contributed by atoms with Gasteiger partial charge in [-0.05, 0) is 43.7 Å². The molecule has 0 radical (unpaired) electrons. The maximum Gasteiger partial charge on any atom is 0.234 e. The van der Waals surface area contributed by atoms with Gasteiger partial charge in [0.1, 0.15) is 11.6 Å². The highest BCUT2D eigenvalue weighted by Crippen LogP contribution is 2.26. The van der Waals surface area contributed by atoms with Crippen molar-refractivity contribution in [3.63, 3.8) is 0 Å². The Hall–Kier alpha value is -3.33. The van der Waals surface area contributed by atoms with Gasteiger partial charge in [0.05, 0.1) is 25.0 Å². The number of carbonyl (C=O) groups excluding carboxylic acids is 2. The molecule has 2 N–H and O–H groups in total. The van der Waals surface area contributed by atoms with Crippen molar-refractivity contribution in [1.29, 1.82) is 0 Å². The topological polar surface area (TPSA) is 98.1 Å². The number of anilines is 2. The number of aryl methyl sites for hydroxylation is 1. The van der Waals surface area contributed by atoms with Crippen LogP contribution in [0.25, 0.3) is 0 Å². The summed E-state index contributed by atoms with van der Waals surface area (Å²) >= 11 is 1.27. The first-order chi connectivity index (χ1) is 15.0. The first-order valence-electron chi connectivity index (χ1n) is 9.84. The number of aromatic nitrogens is 3. The molecule has 1 heterocycles. The minimum absolute atomic E-state index is 0.100. The van der Waals surface area contributed by atoms with Gasteiger partial charge in [-0.15, -0.1) is 10.2 Å². The molecule has 3 aromatic rings. The van der Waals surface area contributed by atoms with Crippen molar-refractivity contribution in [3.8, 4) is 5.75 Å². The van der Waals surface area contributed by atoms with Crippen LogP contribution in [0.15, 0.2) is 53.7 Å². The van der Waals surface area contributed by atoms with Crippen molar-refractivity contribution in [1.82, 2.24) is 14.8 Å². The summed E-state index contributed by atoms with van der Waals surface area (Å²) in [5, 5.41) is 14.6. The van der Waals surface area contributed by atoms with E-state index < -0.39 is 0 Å².